The molecule has 1 unspecified atom stereocenters. The summed E-state index contributed by atoms with van der Waals surface area (Å²) in [7, 11) is 6.14. The molecule has 1 aliphatic carbocycles. The topological polar surface area (TPSA) is 39.7 Å². The number of fused-ring (bicyclic) bond motifs is 1. The van der Waals surface area contributed by atoms with Crippen molar-refractivity contribution >= 4 is 5.91 Å². The van der Waals surface area contributed by atoms with Crippen LogP contribution in [-0.2, 0) is 11.3 Å². The van der Waals surface area contributed by atoms with Gasteiger partial charge in [0.15, 0.2) is 0 Å². The summed E-state index contributed by atoms with van der Waals surface area (Å²) in [6.07, 6.45) is 5.64. The van der Waals surface area contributed by atoms with E-state index in [1.807, 2.05) is 31.3 Å². The van der Waals surface area contributed by atoms with Crippen molar-refractivity contribution < 1.29 is 4.79 Å². The maximum Gasteiger partial charge on any atom is 0.236 e. The van der Waals surface area contributed by atoms with Gasteiger partial charge in [-0.2, -0.15) is 0 Å². The highest BCUT2D eigenvalue weighted by Gasteiger charge is 2.42. The quantitative estimate of drug-likeness (QED) is 0.824. The third-order valence-electron chi connectivity index (χ3n) is 5.57. The van der Waals surface area contributed by atoms with Gasteiger partial charge in [0.1, 0.15) is 0 Å². The van der Waals surface area contributed by atoms with Gasteiger partial charge in [-0.3, -0.25) is 14.7 Å². The lowest BCUT2D eigenvalue weighted by atomic mass is 9.77. The number of rotatable bonds is 5. The summed E-state index contributed by atoms with van der Waals surface area (Å²) in [4.78, 5) is 23.4. The molecule has 2 heterocycles. The van der Waals surface area contributed by atoms with Crippen LogP contribution in [0.3, 0.4) is 0 Å². The fourth-order valence-corrected chi connectivity index (χ4v) is 4.43. The molecule has 1 aromatic rings. The summed E-state index contributed by atoms with van der Waals surface area (Å²) in [5, 5.41) is 0. The van der Waals surface area contributed by atoms with Gasteiger partial charge in [0.25, 0.3) is 0 Å². The summed E-state index contributed by atoms with van der Waals surface area (Å²) in [6.45, 7) is 3.29. The predicted octanol–water partition coefficient (Wildman–Crippen LogP) is 1.70. The van der Waals surface area contributed by atoms with E-state index < -0.39 is 0 Å². The van der Waals surface area contributed by atoms with E-state index in [-0.39, 0.29) is 5.91 Å². The molecule has 1 amide bonds. The molecule has 1 aliphatic heterocycles. The fourth-order valence-electron chi connectivity index (χ4n) is 4.43. The lowest BCUT2D eigenvalue weighted by Gasteiger charge is -2.38. The lowest BCUT2D eigenvalue weighted by Crippen LogP contribution is -2.43. The highest BCUT2D eigenvalue weighted by Crippen LogP contribution is 2.38. The first-order valence-electron chi connectivity index (χ1n) is 9.07. The number of hydrogen-bond acceptors (Lipinski definition) is 4. The van der Waals surface area contributed by atoms with Gasteiger partial charge in [0.2, 0.25) is 5.91 Å². The molecule has 1 aromatic heterocycles. The first kappa shape index (κ1) is 17.4. The van der Waals surface area contributed by atoms with E-state index in [9.17, 15) is 4.79 Å². The third-order valence-corrected chi connectivity index (χ3v) is 5.57. The Morgan fingerprint density at radius 2 is 2.08 bits per heavy atom. The van der Waals surface area contributed by atoms with Crippen molar-refractivity contribution in [2.24, 2.45) is 11.8 Å². The Balaban J connectivity index is 1.64. The van der Waals surface area contributed by atoms with Crippen LogP contribution in [0.15, 0.2) is 24.4 Å². The van der Waals surface area contributed by atoms with Crippen LogP contribution in [0.4, 0.5) is 0 Å². The molecule has 3 atom stereocenters. The molecule has 24 heavy (non-hydrogen) atoms. The van der Waals surface area contributed by atoms with Gasteiger partial charge in [-0.15, -0.1) is 0 Å². The van der Waals surface area contributed by atoms with Crippen LogP contribution in [0.2, 0.25) is 0 Å². The fraction of sp³-hybridized carbons (Fsp3) is 0.684. The maximum absolute atomic E-state index is 12.4. The minimum atomic E-state index is 0.278. The zero-order valence-corrected chi connectivity index (χ0v) is 15.2. The summed E-state index contributed by atoms with van der Waals surface area (Å²) in [6, 6.07) is 6.67. The SMILES string of the molecule is CN(C)CC(=O)N1C[C@H]2CCCC(N(C)Cc3ccccn3)[C@H]2C1. The average Bonchev–Trinajstić information content (AvgIpc) is 2.99. The van der Waals surface area contributed by atoms with Crippen molar-refractivity contribution in [1.82, 2.24) is 19.7 Å². The number of likely N-dealkylation sites (tertiary alicyclic amines) is 1. The van der Waals surface area contributed by atoms with Gasteiger partial charge < -0.3 is 9.80 Å². The van der Waals surface area contributed by atoms with Crippen molar-refractivity contribution in [3.8, 4) is 0 Å². The molecule has 0 aromatic carbocycles. The largest absolute Gasteiger partial charge is 0.341 e. The normalized spacial score (nSPS) is 26.9. The highest BCUT2D eigenvalue weighted by molar-refractivity contribution is 5.78. The number of amides is 1. The summed E-state index contributed by atoms with van der Waals surface area (Å²) < 4.78 is 0. The average molecular weight is 330 g/mol. The van der Waals surface area contributed by atoms with Gasteiger partial charge in [-0.05, 0) is 58.0 Å². The third kappa shape index (κ3) is 3.95. The Morgan fingerprint density at radius 1 is 1.25 bits per heavy atom. The minimum Gasteiger partial charge on any atom is -0.341 e. The minimum absolute atomic E-state index is 0.278. The number of aromatic nitrogens is 1. The Kier molecular flexibility index (Phi) is 5.51. The monoisotopic (exact) mass is 330 g/mol. The van der Waals surface area contributed by atoms with Gasteiger partial charge in [-0.1, -0.05) is 12.5 Å². The number of carbonyl (C=O) groups is 1. The summed E-state index contributed by atoms with van der Waals surface area (Å²) >= 11 is 0. The molecular formula is C19H30N4O. The summed E-state index contributed by atoms with van der Waals surface area (Å²) in [5.74, 6) is 1.56. The molecule has 5 heteroatoms. The lowest BCUT2D eigenvalue weighted by molar-refractivity contribution is -0.131. The molecule has 1 saturated carbocycles. The van der Waals surface area contributed by atoms with Crippen LogP contribution in [0.5, 0.6) is 0 Å². The van der Waals surface area contributed by atoms with Crippen LogP contribution in [0.25, 0.3) is 0 Å². The molecule has 132 valence electrons. The number of nitrogens with zero attached hydrogens (tertiary/aromatic N) is 4. The second-order valence-corrected chi connectivity index (χ2v) is 7.69. The van der Waals surface area contributed by atoms with Gasteiger partial charge >= 0.3 is 0 Å². The molecule has 0 N–H and O–H groups in total. The van der Waals surface area contributed by atoms with Crippen LogP contribution >= 0.6 is 0 Å². The van der Waals surface area contributed by atoms with Crippen molar-refractivity contribution in [2.75, 3.05) is 40.8 Å². The molecule has 3 rings (SSSR count). The van der Waals surface area contributed by atoms with E-state index in [2.05, 4.69) is 34.0 Å². The zero-order valence-electron chi connectivity index (χ0n) is 15.2. The van der Waals surface area contributed by atoms with Gasteiger partial charge in [0, 0.05) is 31.9 Å². The Labute approximate surface area is 145 Å². The second-order valence-electron chi connectivity index (χ2n) is 7.69. The van der Waals surface area contributed by atoms with Crippen LogP contribution in [0, 0.1) is 11.8 Å². The van der Waals surface area contributed by atoms with E-state index in [1.54, 1.807) is 0 Å². The molecule has 2 fully saturated rings. The van der Waals surface area contributed by atoms with Crippen molar-refractivity contribution in [3.05, 3.63) is 30.1 Å². The molecule has 2 aliphatic rings. The van der Waals surface area contributed by atoms with E-state index in [1.165, 1.54) is 19.3 Å². The number of pyridine rings is 1. The van der Waals surface area contributed by atoms with Crippen LogP contribution in [0.1, 0.15) is 25.0 Å². The van der Waals surface area contributed by atoms with Gasteiger partial charge in [0.05, 0.1) is 12.2 Å². The zero-order chi connectivity index (χ0) is 17.1. The summed E-state index contributed by atoms with van der Waals surface area (Å²) in [5.41, 5.74) is 1.13. The Bertz CT molecular complexity index is 548. The smallest absolute Gasteiger partial charge is 0.236 e. The van der Waals surface area contributed by atoms with Crippen LogP contribution < -0.4 is 0 Å². The van der Waals surface area contributed by atoms with Gasteiger partial charge in [-0.25, -0.2) is 0 Å². The van der Waals surface area contributed by atoms with Crippen molar-refractivity contribution in [1.29, 1.82) is 0 Å². The molecular weight excluding hydrogens is 300 g/mol. The number of likely N-dealkylation sites (N-methyl/N-ethyl adjacent to an activating group) is 1. The van der Waals surface area contributed by atoms with E-state index >= 15 is 0 Å². The molecule has 0 spiro atoms. The predicted molar refractivity (Wildman–Crippen MR) is 95.5 cm³/mol. The molecule has 0 radical (unpaired) electrons. The molecule has 0 bridgehead atoms. The first-order chi connectivity index (χ1) is 11.5. The Hall–Kier alpha value is -1.46. The maximum atomic E-state index is 12.4. The standard InChI is InChI=1S/C19H30N4O/c1-21(2)14-19(24)23-11-15-7-6-9-18(17(15)13-23)22(3)12-16-8-4-5-10-20-16/h4-5,8,10,15,17-18H,6-7,9,11-14H2,1-3H3/t15-,17+,18?/m1/s1. The number of carbonyl (C=O) groups excluding carboxylic acids is 1. The van der Waals surface area contributed by atoms with E-state index in [4.69, 9.17) is 0 Å². The first-order valence-corrected chi connectivity index (χ1v) is 9.07. The van der Waals surface area contributed by atoms with Crippen molar-refractivity contribution in [2.45, 2.75) is 31.8 Å². The van der Waals surface area contributed by atoms with E-state index in [0.29, 0.717) is 24.4 Å². The van der Waals surface area contributed by atoms with E-state index in [0.717, 1.165) is 25.3 Å². The van der Waals surface area contributed by atoms with Crippen LogP contribution in [-0.4, -0.2) is 72.4 Å². The van der Waals surface area contributed by atoms with Crippen molar-refractivity contribution in [3.63, 3.8) is 0 Å². The Morgan fingerprint density at radius 3 is 2.79 bits per heavy atom. The second kappa shape index (κ2) is 7.62. The molecule has 1 saturated heterocycles. The number of hydrogen-bond donors (Lipinski definition) is 0. The molecule has 5 nitrogen and oxygen atoms in total. The highest BCUT2D eigenvalue weighted by atomic mass is 16.2.